The van der Waals surface area contributed by atoms with Crippen molar-refractivity contribution in [2.45, 2.75) is 33.2 Å². The molecule has 0 aromatic carbocycles. The predicted octanol–water partition coefficient (Wildman–Crippen LogP) is 3.58. The maximum absolute atomic E-state index is 5.93. The van der Waals surface area contributed by atoms with Gasteiger partial charge < -0.3 is 5.32 Å². The number of pyridine rings is 1. The van der Waals surface area contributed by atoms with Crippen LogP contribution in [0, 0.1) is 5.92 Å². The molecule has 3 heteroatoms. The van der Waals surface area contributed by atoms with Gasteiger partial charge in [0.25, 0.3) is 0 Å². The molecule has 1 aromatic heterocycles. The predicted molar refractivity (Wildman–Crippen MR) is 61.8 cm³/mol. The topological polar surface area (TPSA) is 24.9 Å². The Morgan fingerprint density at radius 3 is 2.71 bits per heavy atom. The van der Waals surface area contributed by atoms with E-state index in [2.05, 4.69) is 31.1 Å². The van der Waals surface area contributed by atoms with Crippen LogP contribution in [0.2, 0.25) is 5.15 Å². The molecular weight excluding hydrogens is 196 g/mol. The Morgan fingerprint density at radius 2 is 2.14 bits per heavy atom. The Bertz CT molecular complexity index is 286. The highest BCUT2D eigenvalue weighted by molar-refractivity contribution is 6.31. The van der Waals surface area contributed by atoms with E-state index in [1.54, 1.807) is 6.20 Å². The lowest BCUT2D eigenvalue weighted by molar-refractivity contribution is 0.539. The van der Waals surface area contributed by atoms with Crippen LogP contribution in [-0.4, -0.2) is 11.0 Å². The third-order valence-corrected chi connectivity index (χ3v) is 2.29. The van der Waals surface area contributed by atoms with Gasteiger partial charge in [-0.25, -0.2) is 4.98 Å². The summed E-state index contributed by atoms with van der Waals surface area (Å²) in [4.78, 5) is 4.01. The number of hydrogen-bond acceptors (Lipinski definition) is 2. The van der Waals surface area contributed by atoms with Crippen LogP contribution in [0.25, 0.3) is 0 Å². The van der Waals surface area contributed by atoms with Gasteiger partial charge in [-0.3, -0.25) is 0 Å². The number of nitrogens with zero attached hydrogens (tertiary/aromatic N) is 1. The fourth-order valence-electron chi connectivity index (χ4n) is 1.53. The summed E-state index contributed by atoms with van der Waals surface area (Å²) in [7, 11) is 0. The van der Waals surface area contributed by atoms with Crippen LogP contribution in [0.3, 0.4) is 0 Å². The Kier molecular flexibility index (Phi) is 4.21. The fourth-order valence-corrected chi connectivity index (χ4v) is 1.70. The van der Waals surface area contributed by atoms with Gasteiger partial charge in [-0.2, -0.15) is 0 Å². The fraction of sp³-hybridized carbons (Fsp3) is 0.545. The highest BCUT2D eigenvalue weighted by atomic mass is 35.5. The average Bonchev–Trinajstić information content (AvgIpc) is 2.07. The number of rotatable bonds is 4. The lowest BCUT2D eigenvalue weighted by atomic mass is 10.1. The summed E-state index contributed by atoms with van der Waals surface area (Å²) in [6.07, 6.45) is 2.83. The largest absolute Gasteiger partial charge is 0.380 e. The van der Waals surface area contributed by atoms with Gasteiger partial charge in [-0.1, -0.05) is 25.4 Å². The number of aromatic nitrogens is 1. The van der Waals surface area contributed by atoms with E-state index >= 15 is 0 Å². The molecule has 78 valence electrons. The SMILES string of the molecule is CC(C)CC(C)Nc1cccnc1Cl. The van der Waals surface area contributed by atoms with Crippen LogP contribution >= 0.6 is 11.6 Å². The van der Waals surface area contributed by atoms with Crippen LogP contribution in [0.15, 0.2) is 18.3 Å². The molecule has 14 heavy (non-hydrogen) atoms. The van der Waals surface area contributed by atoms with E-state index in [0.29, 0.717) is 17.1 Å². The first kappa shape index (κ1) is 11.3. The molecule has 0 aliphatic rings. The molecule has 0 spiro atoms. The second kappa shape index (κ2) is 5.20. The van der Waals surface area contributed by atoms with Crippen molar-refractivity contribution in [2.75, 3.05) is 5.32 Å². The van der Waals surface area contributed by atoms with Crippen LogP contribution in [0.5, 0.6) is 0 Å². The molecule has 0 amide bonds. The van der Waals surface area contributed by atoms with Gasteiger partial charge in [0.15, 0.2) is 5.15 Å². The molecule has 1 N–H and O–H groups in total. The summed E-state index contributed by atoms with van der Waals surface area (Å²) in [6, 6.07) is 4.26. The zero-order chi connectivity index (χ0) is 10.6. The van der Waals surface area contributed by atoms with Gasteiger partial charge in [0, 0.05) is 12.2 Å². The van der Waals surface area contributed by atoms with Crippen molar-refractivity contribution in [3.8, 4) is 0 Å². The minimum atomic E-state index is 0.427. The van der Waals surface area contributed by atoms with Gasteiger partial charge in [-0.05, 0) is 31.4 Å². The van der Waals surface area contributed by atoms with Crippen molar-refractivity contribution in [3.63, 3.8) is 0 Å². The highest BCUT2D eigenvalue weighted by Crippen LogP contribution is 2.19. The van der Waals surface area contributed by atoms with E-state index in [0.717, 1.165) is 12.1 Å². The molecule has 0 aliphatic carbocycles. The molecule has 0 aliphatic heterocycles. The van der Waals surface area contributed by atoms with Gasteiger partial charge in [0.05, 0.1) is 5.69 Å². The molecule has 0 radical (unpaired) electrons. The van der Waals surface area contributed by atoms with Crippen molar-refractivity contribution in [1.82, 2.24) is 4.98 Å². The maximum atomic E-state index is 5.93. The number of halogens is 1. The van der Waals surface area contributed by atoms with Gasteiger partial charge >= 0.3 is 0 Å². The highest BCUT2D eigenvalue weighted by Gasteiger charge is 2.06. The summed E-state index contributed by atoms with van der Waals surface area (Å²) >= 11 is 5.93. The Balaban J connectivity index is 2.56. The monoisotopic (exact) mass is 212 g/mol. The third-order valence-electron chi connectivity index (χ3n) is 1.99. The van der Waals surface area contributed by atoms with Crippen LogP contribution in [0.4, 0.5) is 5.69 Å². The first-order valence-corrected chi connectivity index (χ1v) is 5.34. The van der Waals surface area contributed by atoms with E-state index in [1.165, 1.54) is 0 Å². The lowest BCUT2D eigenvalue weighted by Gasteiger charge is -2.17. The quantitative estimate of drug-likeness (QED) is 0.772. The lowest BCUT2D eigenvalue weighted by Crippen LogP contribution is -2.17. The zero-order valence-corrected chi connectivity index (χ0v) is 9.67. The van der Waals surface area contributed by atoms with Crippen LogP contribution in [-0.2, 0) is 0 Å². The molecule has 2 nitrogen and oxygen atoms in total. The molecule has 1 aromatic rings. The summed E-state index contributed by atoms with van der Waals surface area (Å²) < 4.78 is 0. The van der Waals surface area contributed by atoms with E-state index in [-0.39, 0.29) is 0 Å². The smallest absolute Gasteiger partial charge is 0.152 e. The van der Waals surface area contributed by atoms with Gasteiger partial charge in [0.1, 0.15) is 0 Å². The number of nitrogens with one attached hydrogen (secondary N) is 1. The summed E-state index contributed by atoms with van der Waals surface area (Å²) in [5, 5.41) is 3.89. The normalized spacial score (nSPS) is 12.9. The molecule has 0 saturated heterocycles. The Morgan fingerprint density at radius 1 is 1.43 bits per heavy atom. The van der Waals surface area contributed by atoms with Gasteiger partial charge in [0.2, 0.25) is 0 Å². The molecule has 0 fully saturated rings. The summed E-state index contributed by atoms with van der Waals surface area (Å²) in [5.74, 6) is 0.688. The van der Waals surface area contributed by atoms with E-state index in [4.69, 9.17) is 11.6 Å². The third kappa shape index (κ3) is 3.54. The van der Waals surface area contributed by atoms with Crippen molar-refractivity contribution >= 4 is 17.3 Å². The second-order valence-electron chi connectivity index (χ2n) is 4.02. The maximum Gasteiger partial charge on any atom is 0.152 e. The van der Waals surface area contributed by atoms with Crippen LogP contribution in [0.1, 0.15) is 27.2 Å². The molecule has 1 unspecified atom stereocenters. The minimum absolute atomic E-state index is 0.427. The molecule has 0 saturated carbocycles. The van der Waals surface area contributed by atoms with E-state index < -0.39 is 0 Å². The molecule has 0 bridgehead atoms. The first-order chi connectivity index (χ1) is 6.59. The minimum Gasteiger partial charge on any atom is -0.380 e. The Labute approximate surface area is 90.7 Å². The van der Waals surface area contributed by atoms with Crippen molar-refractivity contribution < 1.29 is 0 Å². The second-order valence-corrected chi connectivity index (χ2v) is 4.37. The van der Waals surface area contributed by atoms with Crippen molar-refractivity contribution in [3.05, 3.63) is 23.5 Å². The zero-order valence-electron chi connectivity index (χ0n) is 8.92. The number of anilines is 1. The van der Waals surface area contributed by atoms with E-state index in [9.17, 15) is 0 Å². The van der Waals surface area contributed by atoms with Crippen molar-refractivity contribution in [1.29, 1.82) is 0 Å². The Hall–Kier alpha value is -0.760. The molecule has 1 rings (SSSR count). The first-order valence-electron chi connectivity index (χ1n) is 4.96. The summed E-state index contributed by atoms with van der Waals surface area (Å²) in [6.45, 7) is 6.58. The molecule has 1 atom stereocenters. The van der Waals surface area contributed by atoms with Crippen molar-refractivity contribution in [2.24, 2.45) is 5.92 Å². The molecule has 1 heterocycles. The standard InChI is InChI=1S/C11H17ClN2/c1-8(2)7-9(3)14-10-5-4-6-13-11(10)12/h4-6,8-9,14H,7H2,1-3H3. The van der Waals surface area contributed by atoms with Crippen LogP contribution < -0.4 is 5.32 Å². The number of hydrogen-bond donors (Lipinski definition) is 1. The summed E-state index contributed by atoms with van der Waals surface area (Å²) in [5.41, 5.74) is 0.919. The van der Waals surface area contributed by atoms with E-state index in [1.807, 2.05) is 12.1 Å². The average molecular weight is 213 g/mol. The van der Waals surface area contributed by atoms with Gasteiger partial charge in [-0.15, -0.1) is 0 Å². The molecular formula is C11H17ClN2.